The zero-order valence-electron chi connectivity index (χ0n) is 13.1. The highest BCUT2D eigenvalue weighted by atomic mass is 32.2. The van der Waals surface area contributed by atoms with Crippen molar-refractivity contribution in [3.63, 3.8) is 0 Å². The van der Waals surface area contributed by atoms with Crippen molar-refractivity contribution in [2.24, 2.45) is 0 Å². The molecular formula is C14H29N3O2S. The molecule has 2 fully saturated rings. The number of rotatable bonds is 9. The van der Waals surface area contributed by atoms with E-state index in [1.165, 1.54) is 19.3 Å². The van der Waals surface area contributed by atoms with Gasteiger partial charge in [-0.2, -0.15) is 0 Å². The fraction of sp³-hybridized carbons (Fsp3) is 1.00. The van der Waals surface area contributed by atoms with Crippen LogP contribution in [-0.4, -0.2) is 69.2 Å². The summed E-state index contributed by atoms with van der Waals surface area (Å²) in [6.07, 6.45) is 6.61. The molecule has 0 heterocycles. The number of hydrogen-bond acceptors (Lipinski definition) is 4. The smallest absolute Gasteiger partial charge is 0.213 e. The van der Waals surface area contributed by atoms with Crippen molar-refractivity contribution in [1.82, 2.24) is 14.5 Å². The molecule has 5 nitrogen and oxygen atoms in total. The summed E-state index contributed by atoms with van der Waals surface area (Å²) in [5, 5.41) is 3.37. The minimum absolute atomic E-state index is 0.0636. The molecule has 0 aliphatic heterocycles. The van der Waals surface area contributed by atoms with Gasteiger partial charge in [0.25, 0.3) is 0 Å². The molecule has 6 heteroatoms. The van der Waals surface area contributed by atoms with Crippen LogP contribution in [-0.2, 0) is 10.0 Å². The molecule has 0 radical (unpaired) electrons. The van der Waals surface area contributed by atoms with Gasteiger partial charge >= 0.3 is 0 Å². The quantitative estimate of drug-likeness (QED) is 0.642. The lowest BCUT2D eigenvalue weighted by molar-refractivity contribution is 0.0455. The second kappa shape index (κ2) is 6.30. The van der Waals surface area contributed by atoms with Gasteiger partial charge in [0, 0.05) is 25.2 Å². The van der Waals surface area contributed by atoms with Crippen LogP contribution in [0, 0.1) is 0 Å². The van der Waals surface area contributed by atoms with Crippen LogP contribution in [0.3, 0.4) is 0 Å². The summed E-state index contributed by atoms with van der Waals surface area (Å²) in [7, 11) is 2.72. The number of nitrogens with one attached hydrogen (secondary N) is 1. The molecule has 0 atom stereocenters. The van der Waals surface area contributed by atoms with Crippen molar-refractivity contribution >= 4 is 10.0 Å². The van der Waals surface area contributed by atoms with E-state index in [1.807, 2.05) is 0 Å². The first kappa shape index (κ1) is 16.2. The Morgan fingerprint density at radius 1 is 1.20 bits per heavy atom. The molecule has 0 unspecified atom stereocenters. The zero-order valence-corrected chi connectivity index (χ0v) is 13.9. The Hall–Kier alpha value is -0.170. The SMILES string of the molecule is CN(C)C1(CN(C)S(=O)(=O)CCCNC2CC2)CCC1. The Bertz CT molecular complexity index is 414. The molecule has 1 N–H and O–H groups in total. The molecule has 0 saturated heterocycles. The van der Waals surface area contributed by atoms with Gasteiger partial charge in [0.15, 0.2) is 0 Å². The molecule has 20 heavy (non-hydrogen) atoms. The maximum Gasteiger partial charge on any atom is 0.213 e. The third-order valence-corrected chi connectivity index (χ3v) is 6.70. The Balaban J connectivity index is 1.78. The van der Waals surface area contributed by atoms with E-state index in [9.17, 15) is 8.42 Å². The predicted octanol–water partition coefficient (Wildman–Crippen LogP) is 0.874. The summed E-state index contributed by atoms with van der Waals surface area (Å²) >= 11 is 0. The average Bonchev–Trinajstić information content (AvgIpc) is 3.12. The second-order valence-electron chi connectivity index (χ2n) is 6.63. The number of likely N-dealkylation sites (N-methyl/N-ethyl adjacent to an activating group) is 2. The summed E-state index contributed by atoms with van der Waals surface area (Å²) in [5.74, 6) is 0.257. The van der Waals surface area contributed by atoms with Crippen LogP contribution in [0.2, 0.25) is 0 Å². The van der Waals surface area contributed by atoms with Crippen molar-refractivity contribution in [2.45, 2.75) is 50.1 Å². The first-order valence-corrected chi connectivity index (χ1v) is 9.31. The van der Waals surface area contributed by atoms with E-state index in [-0.39, 0.29) is 11.3 Å². The molecular weight excluding hydrogens is 274 g/mol. The fourth-order valence-electron chi connectivity index (χ4n) is 2.85. The lowest BCUT2D eigenvalue weighted by Gasteiger charge is -2.49. The third-order valence-electron chi connectivity index (χ3n) is 4.81. The summed E-state index contributed by atoms with van der Waals surface area (Å²) in [5.41, 5.74) is 0.0636. The Morgan fingerprint density at radius 3 is 2.30 bits per heavy atom. The molecule has 0 bridgehead atoms. The summed E-state index contributed by atoms with van der Waals surface area (Å²) in [6, 6.07) is 0.655. The molecule has 0 amide bonds. The maximum atomic E-state index is 12.3. The van der Waals surface area contributed by atoms with Crippen molar-refractivity contribution in [3.05, 3.63) is 0 Å². The van der Waals surface area contributed by atoms with Crippen molar-refractivity contribution in [3.8, 4) is 0 Å². The van der Waals surface area contributed by atoms with E-state index >= 15 is 0 Å². The molecule has 0 spiro atoms. The second-order valence-corrected chi connectivity index (χ2v) is 8.82. The predicted molar refractivity (Wildman–Crippen MR) is 82.3 cm³/mol. The highest BCUT2D eigenvalue weighted by molar-refractivity contribution is 7.89. The van der Waals surface area contributed by atoms with Gasteiger partial charge in [0.1, 0.15) is 0 Å². The van der Waals surface area contributed by atoms with Gasteiger partial charge in [-0.15, -0.1) is 0 Å². The highest BCUT2D eigenvalue weighted by Crippen LogP contribution is 2.37. The number of sulfonamides is 1. The minimum Gasteiger partial charge on any atom is -0.314 e. The van der Waals surface area contributed by atoms with Crippen molar-refractivity contribution in [2.75, 3.05) is 40.0 Å². The summed E-state index contributed by atoms with van der Waals surface area (Å²) in [4.78, 5) is 2.19. The first-order chi connectivity index (χ1) is 9.36. The Morgan fingerprint density at radius 2 is 1.85 bits per heavy atom. The van der Waals surface area contributed by atoms with Crippen LogP contribution >= 0.6 is 0 Å². The van der Waals surface area contributed by atoms with E-state index in [2.05, 4.69) is 24.3 Å². The van der Waals surface area contributed by atoms with E-state index in [1.54, 1.807) is 11.4 Å². The summed E-state index contributed by atoms with van der Waals surface area (Å²) < 4.78 is 26.2. The van der Waals surface area contributed by atoms with E-state index < -0.39 is 10.0 Å². The Kier molecular flexibility index (Phi) is 5.10. The largest absolute Gasteiger partial charge is 0.314 e. The van der Waals surface area contributed by atoms with Crippen LogP contribution in [0.25, 0.3) is 0 Å². The van der Waals surface area contributed by atoms with Crippen LogP contribution in [0.5, 0.6) is 0 Å². The van der Waals surface area contributed by atoms with Crippen molar-refractivity contribution < 1.29 is 8.42 Å². The molecule has 2 rings (SSSR count). The summed E-state index contributed by atoms with van der Waals surface area (Å²) in [6.45, 7) is 1.44. The van der Waals surface area contributed by atoms with E-state index in [0.717, 1.165) is 19.4 Å². The molecule has 2 saturated carbocycles. The maximum absolute atomic E-state index is 12.3. The van der Waals surface area contributed by atoms with Gasteiger partial charge in [0.05, 0.1) is 5.75 Å². The van der Waals surface area contributed by atoms with E-state index in [4.69, 9.17) is 0 Å². The first-order valence-electron chi connectivity index (χ1n) is 7.71. The number of nitrogens with zero attached hydrogens (tertiary/aromatic N) is 2. The number of hydrogen-bond donors (Lipinski definition) is 1. The molecule has 2 aliphatic rings. The van der Waals surface area contributed by atoms with Gasteiger partial charge in [0.2, 0.25) is 10.0 Å². The fourth-order valence-corrected chi connectivity index (χ4v) is 4.11. The van der Waals surface area contributed by atoms with Gasteiger partial charge in [-0.1, -0.05) is 0 Å². The molecule has 0 aromatic heterocycles. The molecule has 0 aromatic rings. The monoisotopic (exact) mass is 303 g/mol. The van der Waals surface area contributed by atoms with Crippen molar-refractivity contribution in [1.29, 1.82) is 0 Å². The molecule has 0 aromatic carbocycles. The Labute approximate surface area is 123 Å². The van der Waals surface area contributed by atoms with Gasteiger partial charge in [-0.25, -0.2) is 12.7 Å². The zero-order chi connectivity index (χ0) is 14.8. The van der Waals surface area contributed by atoms with Crippen LogP contribution in [0.15, 0.2) is 0 Å². The van der Waals surface area contributed by atoms with Gasteiger partial charge in [-0.05, 0) is 59.2 Å². The highest BCUT2D eigenvalue weighted by Gasteiger charge is 2.41. The lowest BCUT2D eigenvalue weighted by atomic mass is 9.75. The van der Waals surface area contributed by atoms with Gasteiger partial charge < -0.3 is 10.2 Å². The lowest BCUT2D eigenvalue weighted by Crippen LogP contribution is -2.57. The third kappa shape index (κ3) is 3.93. The molecule has 2 aliphatic carbocycles. The average molecular weight is 303 g/mol. The van der Waals surface area contributed by atoms with E-state index in [0.29, 0.717) is 19.0 Å². The normalized spacial score (nSPS) is 22.2. The van der Waals surface area contributed by atoms with Crippen LogP contribution in [0.4, 0.5) is 0 Å². The minimum atomic E-state index is -3.11. The standard InChI is InChI=1S/C14H29N3O2S/c1-16(2)14(8-4-9-14)12-17(3)20(18,19)11-5-10-15-13-6-7-13/h13,15H,4-12H2,1-3H3. The van der Waals surface area contributed by atoms with Gasteiger partial charge in [-0.3, -0.25) is 0 Å². The molecule has 118 valence electrons. The topological polar surface area (TPSA) is 52.7 Å². The van der Waals surface area contributed by atoms with Crippen LogP contribution < -0.4 is 5.32 Å². The van der Waals surface area contributed by atoms with Crippen LogP contribution in [0.1, 0.15) is 38.5 Å².